The molecule has 1 aromatic carbocycles. The Bertz CT molecular complexity index is 486. The first-order valence-electron chi connectivity index (χ1n) is 6.67. The molecule has 0 aliphatic carbocycles. The van der Waals surface area contributed by atoms with Crippen LogP contribution in [0.25, 0.3) is 0 Å². The van der Waals surface area contributed by atoms with Gasteiger partial charge in [0.2, 0.25) is 0 Å². The summed E-state index contributed by atoms with van der Waals surface area (Å²) in [5.74, 6) is -0.947. The zero-order valence-corrected chi connectivity index (χ0v) is 13.4. The van der Waals surface area contributed by atoms with Crippen LogP contribution in [0.4, 0.5) is 0 Å². The summed E-state index contributed by atoms with van der Waals surface area (Å²) in [6, 6.07) is 7.69. The third-order valence-electron chi connectivity index (χ3n) is 2.86. The van der Waals surface area contributed by atoms with Crippen LogP contribution >= 0.6 is 11.8 Å². The van der Waals surface area contributed by atoms with Crippen LogP contribution in [0.3, 0.4) is 0 Å². The lowest BCUT2D eigenvalue weighted by Gasteiger charge is -2.22. The number of nitrogens with one attached hydrogen (secondary N) is 2. The minimum atomic E-state index is -1.02. The Balaban J connectivity index is 2.37. The van der Waals surface area contributed by atoms with E-state index in [1.807, 2.05) is 37.4 Å². The summed E-state index contributed by atoms with van der Waals surface area (Å²) in [6.45, 7) is 3.95. The van der Waals surface area contributed by atoms with Gasteiger partial charge in [0.1, 0.15) is 0 Å². The van der Waals surface area contributed by atoms with Gasteiger partial charge in [-0.05, 0) is 25.7 Å². The van der Waals surface area contributed by atoms with Crippen molar-refractivity contribution >= 4 is 23.6 Å². The molecule has 1 atom stereocenters. The standard InChI is InChI=1S/C15H22N2O3S/c1-11-4-6-12(7-5-11)8-16-13(18)14(19)17-9-15(2,20)10-21-3/h4-7,20H,8-10H2,1-3H3,(H,16,18)(H,17,19). The molecule has 0 heterocycles. The fraction of sp³-hybridized carbons (Fsp3) is 0.467. The number of aliphatic hydroxyl groups is 1. The minimum absolute atomic E-state index is 0.0463. The second-order valence-corrected chi connectivity index (χ2v) is 6.15. The third-order valence-corrected chi connectivity index (χ3v) is 3.78. The molecule has 6 heteroatoms. The number of hydrogen-bond acceptors (Lipinski definition) is 4. The molecule has 0 aliphatic rings. The van der Waals surface area contributed by atoms with Gasteiger partial charge in [-0.15, -0.1) is 0 Å². The van der Waals surface area contributed by atoms with Gasteiger partial charge in [0.15, 0.2) is 0 Å². The zero-order chi connectivity index (χ0) is 15.9. The highest BCUT2D eigenvalue weighted by molar-refractivity contribution is 7.98. The maximum atomic E-state index is 11.6. The number of carbonyl (C=O) groups is 2. The summed E-state index contributed by atoms with van der Waals surface area (Å²) in [5.41, 5.74) is 1.04. The molecule has 1 aromatic rings. The Morgan fingerprint density at radius 3 is 2.33 bits per heavy atom. The van der Waals surface area contributed by atoms with Gasteiger partial charge in [-0.3, -0.25) is 9.59 Å². The average Bonchev–Trinajstić information content (AvgIpc) is 2.44. The lowest BCUT2D eigenvalue weighted by Crippen LogP contribution is -2.47. The SMILES string of the molecule is CSCC(C)(O)CNC(=O)C(=O)NCc1ccc(C)cc1. The molecule has 3 N–H and O–H groups in total. The molecular weight excluding hydrogens is 288 g/mol. The van der Waals surface area contributed by atoms with Gasteiger partial charge in [-0.25, -0.2) is 0 Å². The van der Waals surface area contributed by atoms with Gasteiger partial charge in [-0.2, -0.15) is 11.8 Å². The molecule has 0 aromatic heterocycles. The molecule has 2 amide bonds. The fourth-order valence-electron chi connectivity index (χ4n) is 1.68. The van der Waals surface area contributed by atoms with Gasteiger partial charge in [-0.1, -0.05) is 29.8 Å². The highest BCUT2D eigenvalue weighted by Gasteiger charge is 2.22. The number of hydrogen-bond donors (Lipinski definition) is 3. The topological polar surface area (TPSA) is 78.4 Å². The molecule has 1 unspecified atom stereocenters. The second-order valence-electron chi connectivity index (χ2n) is 5.28. The van der Waals surface area contributed by atoms with Crippen molar-refractivity contribution in [2.75, 3.05) is 18.6 Å². The van der Waals surface area contributed by atoms with Gasteiger partial charge >= 0.3 is 11.8 Å². The summed E-state index contributed by atoms with van der Waals surface area (Å²) >= 11 is 1.48. The molecular formula is C15H22N2O3S. The van der Waals surface area contributed by atoms with Crippen molar-refractivity contribution in [3.8, 4) is 0 Å². The van der Waals surface area contributed by atoms with E-state index < -0.39 is 17.4 Å². The maximum absolute atomic E-state index is 11.6. The molecule has 116 valence electrons. The Morgan fingerprint density at radius 1 is 1.19 bits per heavy atom. The van der Waals surface area contributed by atoms with Crippen molar-refractivity contribution < 1.29 is 14.7 Å². The van der Waals surface area contributed by atoms with E-state index in [2.05, 4.69) is 10.6 Å². The van der Waals surface area contributed by atoms with Crippen molar-refractivity contribution in [3.63, 3.8) is 0 Å². The second kappa shape index (κ2) is 8.05. The molecule has 21 heavy (non-hydrogen) atoms. The number of benzene rings is 1. The van der Waals surface area contributed by atoms with Crippen molar-refractivity contribution in [3.05, 3.63) is 35.4 Å². The first-order valence-corrected chi connectivity index (χ1v) is 8.06. The number of aryl methyl sites for hydroxylation is 1. The predicted octanol–water partition coefficient (Wildman–Crippen LogP) is 0.841. The van der Waals surface area contributed by atoms with Crippen LogP contribution in [-0.2, 0) is 16.1 Å². The van der Waals surface area contributed by atoms with E-state index in [1.54, 1.807) is 6.92 Å². The van der Waals surface area contributed by atoms with Crippen molar-refractivity contribution in [2.45, 2.75) is 26.0 Å². The highest BCUT2D eigenvalue weighted by Crippen LogP contribution is 2.08. The Kier molecular flexibility index (Phi) is 6.71. The maximum Gasteiger partial charge on any atom is 0.309 e. The van der Waals surface area contributed by atoms with E-state index in [9.17, 15) is 14.7 Å². The van der Waals surface area contributed by atoms with Crippen LogP contribution in [-0.4, -0.2) is 41.1 Å². The smallest absolute Gasteiger partial charge is 0.309 e. The van der Waals surface area contributed by atoms with Crippen LogP contribution in [0.5, 0.6) is 0 Å². The van der Waals surface area contributed by atoms with E-state index in [4.69, 9.17) is 0 Å². The summed E-state index contributed by atoms with van der Waals surface area (Å²) < 4.78 is 0. The number of amides is 2. The predicted molar refractivity (Wildman–Crippen MR) is 85.0 cm³/mol. The monoisotopic (exact) mass is 310 g/mol. The minimum Gasteiger partial charge on any atom is -0.387 e. The van der Waals surface area contributed by atoms with Gasteiger partial charge in [0, 0.05) is 18.8 Å². The number of carbonyl (C=O) groups excluding carboxylic acids is 2. The Morgan fingerprint density at radius 2 is 1.76 bits per heavy atom. The third kappa shape index (κ3) is 6.64. The van der Waals surface area contributed by atoms with Crippen LogP contribution in [0, 0.1) is 6.92 Å². The molecule has 1 rings (SSSR count). The molecule has 0 aliphatic heterocycles. The molecule has 0 saturated heterocycles. The molecule has 0 radical (unpaired) electrons. The van der Waals surface area contributed by atoms with E-state index in [-0.39, 0.29) is 6.54 Å². The molecule has 0 fully saturated rings. The molecule has 0 saturated carbocycles. The first-order chi connectivity index (χ1) is 9.84. The number of rotatable bonds is 6. The summed E-state index contributed by atoms with van der Waals surface area (Å²) in [7, 11) is 0. The Labute approximate surface area is 129 Å². The van der Waals surface area contributed by atoms with Crippen LogP contribution in [0.15, 0.2) is 24.3 Å². The quantitative estimate of drug-likeness (QED) is 0.681. The molecule has 0 spiro atoms. The summed E-state index contributed by atoms with van der Waals surface area (Å²) in [6.07, 6.45) is 1.87. The van der Waals surface area contributed by atoms with Crippen LogP contribution in [0.2, 0.25) is 0 Å². The van der Waals surface area contributed by atoms with E-state index in [1.165, 1.54) is 11.8 Å². The number of thioether (sulfide) groups is 1. The van der Waals surface area contributed by atoms with Crippen molar-refractivity contribution in [2.24, 2.45) is 0 Å². The van der Waals surface area contributed by atoms with Gasteiger partial charge < -0.3 is 15.7 Å². The highest BCUT2D eigenvalue weighted by atomic mass is 32.2. The normalized spacial score (nSPS) is 13.3. The van der Waals surface area contributed by atoms with Crippen molar-refractivity contribution in [1.29, 1.82) is 0 Å². The molecule has 0 bridgehead atoms. The first kappa shape index (κ1) is 17.5. The fourth-order valence-corrected chi connectivity index (χ4v) is 2.41. The lowest BCUT2D eigenvalue weighted by molar-refractivity contribution is -0.139. The average molecular weight is 310 g/mol. The van der Waals surface area contributed by atoms with Crippen LogP contribution < -0.4 is 10.6 Å². The van der Waals surface area contributed by atoms with E-state index in [0.29, 0.717) is 12.3 Å². The van der Waals surface area contributed by atoms with Crippen molar-refractivity contribution in [1.82, 2.24) is 10.6 Å². The van der Waals surface area contributed by atoms with Gasteiger partial charge in [0.05, 0.1) is 5.60 Å². The summed E-state index contributed by atoms with van der Waals surface area (Å²) in [4.78, 5) is 23.3. The zero-order valence-electron chi connectivity index (χ0n) is 12.6. The largest absolute Gasteiger partial charge is 0.387 e. The summed E-state index contributed by atoms with van der Waals surface area (Å²) in [5, 5.41) is 14.9. The van der Waals surface area contributed by atoms with E-state index in [0.717, 1.165) is 11.1 Å². The molecule has 5 nitrogen and oxygen atoms in total. The Hall–Kier alpha value is -1.53. The van der Waals surface area contributed by atoms with E-state index >= 15 is 0 Å². The van der Waals surface area contributed by atoms with Gasteiger partial charge in [0.25, 0.3) is 0 Å². The van der Waals surface area contributed by atoms with Crippen LogP contribution in [0.1, 0.15) is 18.1 Å². The lowest BCUT2D eigenvalue weighted by atomic mass is 10.1.